The van der Waals surface area contributed by atoms with Gasteiger partial charge in [0.1, 0.15) is 5.82 Å². The van der Waals surface area contributed by atoms with Gasteiger partial charge in [0.25, 0.3) is 0 Å². The van der Waals surface area contributed by atoms with Crippen LogP contribution < -0.4 is 5.73 Å². The smallest absolute Gasteiger partial charge is 0.140 e. The molecule has 0 radical (unpaired) electrons. The quantitative estimate of drug-likeness (QED) is 0.934. The van der Waals surface area contributed by atoms with Crippen LogP contribution in [0.3, 0.4) is 0 Å². The zero-order valence-corrected chi connectivity index (χ0v) is 13.3. The van der Waals surface area contributed by atoms with Crippen LogP contribution in [0.4, 0.5) is 0 Å². The number of benzene rings is 1. The number of imidazole rings is 1. The zero-order valence-electron chi connectivity index (χ0n) is 13.3. The van der Waals surface area contributed by atoms with Gasteiger partial charge in [-0.3, -0.25) is 4.90 Å². The lowest BCUT2D eigenvalue weighted by Crippen LogP contribution is -2.42. The Kier molecular flexibility index (Phi) is 4.57. The third-order valence-electron chi connectivity index (χ3n) is 4.48. The monoisotopic (exact) mass is 300 g/mol. The SMILES string of the molecule is Cc1c(C(CN)N2CCOCC2)nc(-c2ccccc2)n1C. The lowest BCUT2D eigenvalue weighted by molar-refractivity contribution is 0.0170. The number of ether oxygens (including phenoxy) is 1. The molecule has 5 heteroatoms. The number of morpholine rings is 1. The van der Waals surface area contributed by atoms with Crippen LogP contribution in [0.2, 0.25) is 0 Å². The van der Waals surface area contributed by atoms with Crippen molar-refractivity contribution in [2.45, 2.75) is 13.0 Å². The Hall–Kier alpha value is -1.69. The summed E-state index contributed by atoms with van der Waals surface area (Å²) in [7, 11) is 2.07. The van der Waals surface area contributed by atoms with Gasteiger partial charge in [-0.1, -0.05) is 30.3 Å². The third-order valence-corrected chi connectivity index (χ3v) is 4.48. The van der Waals surface area contributed by atoms with Crippen molar-refractivity contribution in [3.05, 3.63) is 41.7 Å². The maximum Gasteiger partial charge on any atom is 0.140 e. The van der Waals surface area contributed by atoms with E-state index in [4.69, 9.17) is 15.5 Å². The second kappa shape index (κ2) is 6.60. The van der Waals surface area contributed by atoms with E-state index in [9.17, 15) is 0 Å². The number of hydrogen-bond acceptors (Lipinski definition) is 4. The first kappa shape index (κ1) is 15.2. The van der Waals surface area contributed by atoms with Gasteiger partial charge in [-0.15, -0.1) is 0 Å². The van der Waals surface area contributed by atoms with Crippen molar-refractivity contribution >= 4 is 0 Å². The number of hydrogen-bond donors (Lipinski definition) is 1. The van der Waals surface area contributed by atoms with Crippen LogP contribution in [0, 0.1) is 6.92 Å². The second-order valence-electron chi connectivity index (χ2n) is 5.73. The molecule has 1 aliphatic rings. The molecule has 1 fully saturated rings. The summed E-state index contributed by atoms with van der Waals surface area (Å²) in [5.74, 6) is 1.000. The number of nitrogens with two attached hydrogens (primary N) is 1. The van der Waals surface area contributed by atoms with Gasteiger partial charge in [-0.05, 0) is 6.92 Å². The predicted molar refractivity (Wildman–Crippen MR) is 87.6 cm³/mol. The fraction of sp³-hybridized carbons (Fsp3) is 0.471. The molecule has 1 aromatic carbocycles. The van der Waals surface area contributed by atoms with E-state index in [1.165, 1.54) is 5.69 Å². The molecule has 0 bridgehead atoms. The summed E-state index contributed by atoms with van der Waals surface area (Å²) < 4.78 is 7.61. The summed E-state index contributed by atoms with van der Waals surface area (Å²) in [6.07, 6.45) is 0. The topological polar surface area (TPSA) is 56.3 Å². The van der Waals surface area contributed by atoms with E-state index in [1.54, 1.807) is 0 Å². The summed E-state index contributed by atoms with van der Waals surface area (Å²) >= 11 is 0. The lowest BCUT2D eigenvalue weighted by atomic mass is 10.1. The standard InChI is InChI=1S/C17H24N4O/c1-13-16(15(12-18)21-8-10-22-11-9-21)19-17(20(13)2)14-6-4-3-5-7-14/h3-7,15H,8-12,18H2,1-2H3. The number of rotatable bonds is 4. The van der Waals surface area contributed by atoms with E-state index < -0.39 is 0 Å². The molecule has 0 saturated carbocycles. The van der Waals surface area contributed by atoms with E-state index >= 15 is 0 Å². The van der Waals surface area contributed by atoms with Crippen molar-refractivity contribution < 1.29 is 4.74 Å². The van der Waals surface area contributed by atoms with E-state index in [0.29, 0.717) is 6.54 Å². The first-order valence-corrected chi connectivity index (χ1v) is 7.83. The van der Waals surface area contributed by atoms with E-state index in [1.807, 2.05) is 18.2 Å². The molecule has 2 N–H and O–H groups in total. The maximum absolute atomic E-state index is 6.07. The normalized spacial score (nSPS) is 17.6. The average Bonchev–Trinajstić information content (AvgIpc) is 2.86. The van der Waals surface area contributed by atoms with Gasteiger partial charge < -0.3 is 15.0 Å². The van der Waals surface area contributed by atoms with Crippen LogP contribution in [0.15, 0.2) is 30.3 Å². The highest BCUT2D eigenvalue weighted by atomic mass is 16.5. The maximum atomic E-state index is 6.07. The lowest BCUT2D eigenvalue weighted by Gasteiger charge is -2.33. The molecule has 3 rings (SSSR count). The Bertz CT molecular complexity index is 617. The fourth-order valence-corrected chi connectivity index (χ4v) is 3.08. The molecule has 2 heterocycles. The van der Waals surface area contributed by atoms with Crippen LogP contribution >= 0.6 is 0 Å². The second-order valence-corrected chi connectivity index (χ2v) is 5.73. The van der Waals surface area contributed by atoms with Crippen LogP contribution in [0.25, 0.3) is 11.4 Å². The minimum absolute atomic E-state index is 0.160. The molecule has 118 valence electrons. The Labute approximate surface area is 131 Å². The first-order chi connectivity index (χ1) is 10.7. The van der Waals surface area contributed by atoms with Crippen molar-refractivity contribution in [3.63, 3.8) is 0 Å². The van der Waals surface area contributed by atoms with Crippen molar-refractivity contribution in [3.8, 4) is 11.4 Å². The molecule has 2 aromatic rings. The number of nitrogens with zero attached hydrogens (tertiary/aromatic N) is 3. The highest BCUT2D eigenvalue weighted by Crippen LogP contribution is 2.27. The Morgan fingerprint density at radius 3 is 2.55 bits per heavy atom. The third kappa shape index (κ3) is 2.79. The molecule has 5 nitrogen and oxygen atoms in total. The van der Waals surface area contributed by atoms with Crippen LogP contribution in [0.1, 0.15) is 17.4 Å². The summed E-state index contributed by atoms with van der Waals surface area (Å²) in [4.78, 5) is 7.31. The van der Waals surface area contributed by atoms with Gasteiger partial charge >= 0.3 is 0 Å². The summed E-state index contributed by atoms with van der Waals surface area (Å²) in [6.45, 7) is 6.07. The van der Waals surface area contributed by atoms with Crippen molar-refractivity contribution in [2.24, 2.45) is 12.8 Å². The van der Waals surface area contributed by atoms with Gasteiger partial charge in [0.2, 0.25) is 0 Å². The molecule has 0 amide bonds. The Morgan fingerprint density at radius 2 is 1.91 bits per heavy atom. The van der Waals surface area contributed by atoms with E-state index in [0.717, 1.165) is 43.4 Å². The van der Waals surface area contributed by atoms with Gasteiger partial charge in [0, 0.05) is 37.9 Å². The van der Waals surface area contributed by atoms with Crippen LogP contribution in [-0.4, -0.2) is 47.3 Å². The molecule has 0 spiro atoms. The average molecular weight is 300 g/mol. The molecule has 1 aliphatic heterocycles. The highest BCUT2D eigenvalue weighted by Gasteiger charge is 2.26. The predicted octanol–water partition coefficient (Wildman–Crippen LogP) is 1.73. The Balaban J connectivity index is 1.96. The van der Waals surface area contributed by atoms with Gasteiger partial charge in [-0.25, -0.2) is 4.98 Å². The van der Waals surface area contributed by atoms with E-state index in [-0.39, 0.29) is 6.04 Å². The largest absolute Gasteiger partial charge is 0.379 e. The summed E-state index contributed by atoms with van der Waals surface area (Å²) in [6, 6.07) is 10.5. The molecule has 1 saturated heterocycles. The summed E-state index contributed by atoms with van der Waals surface area (Å²) in [5.41, 5.74) is 9.48. The van der Waals surface area contributed by atoms with Gasteiger partial charge in [-0.2, -0.15) is 0 Å². The fourth-order valence-electron chi connectivity index (χ4n) is 3.08. The van der Waals surface area contributed by atoms with Gasteiger partial charge in [0.05, 0.1) is 24.9 Å². The highest BCUT2D eigenvalue weighted by molar-refractivity contribution is 5.56. The minimum Gasteiger partial charge on any atom is -0.379 e. The molecule has 1 unspecified atom stereocenters. The molecular weight excluding hydrogens is 276 g/mol. The first-order valence-electron chi connectivity index (χ1n) is 7.83. The van der Waals surface area contributed by atoms with Crippen molar-refractivity contribution in [1.29, 1.82) is 0 Å². The van der Waals surface area contributed by atoms with Crippen LogP contribution in [-0.2, 0) is 11.8 Å². The molecule has 22 heavy (non-hydrogen) atoms. The van der Waals surface area contributed by atoms with Crippen LogP contribution in [0.5, 0.6) is 0 Å². The number of aromatic nitrogens is 2. The van der Waals surface area contributed by atoms with Gasteiger partial charge in [0.15, 0.2) is 0 Å². The van der Waals surface area contributed by atoms with Crippen molar-refractivity contribution in [1.82, 2.24) is 14.5 Å². The van der Waals surface area contributed by atoms with Crippen molar-refractivity contribution in [2.75, 3.05) is 32.8 Å². The molecule has 1 aromatic heterocycles. The molecule has 0 aliphatic carbocycles. The molecule has 1 atom stereocenters. The van der Waals surface area contributed by atoms with E-state index in [2.05, 4.69) is 35.6 Å². The minimum atomic E-state index is 0.160. The molecular formula is C17H24N4O. The zero-order chi connectivity index (χ0) is 15.5. The Morgan fingerprint density at radius 1 is 1.23 bits per heavy atom. The summed E-state index contributed by atoms with van der Waals surface area (Å²) in [5, 5.41) is 0.